The standard InChI is InChI=1S/C21H23NO2.CH4O/c1-2-3-9-21(24)22-13-17-11-10-16(12-19(17)14-22)20-8-6-4-5-7-18(20)15-23;1-2/h4,6-8,10-12,15H,2-3,5,9,13-14H2,1H3;2H,1H3. The first-order valence-corrected chi connectivity index (χ1v) is 9.10. The summed E-state index contributed by atoms with van der Waals surface area (Å²) in [5.41, 5.74) is 5.13. The van der Waals surface area contributed by atoms with Crippen molar-refractivity contribution in [3.63, 3.8) is 0 Å². The third-order valence-electron chi connectivity index (χ3n) is 4.65. The highest BCUT2D eigenvalue weighted by atomic mass is 16.2. The second-order valence-corrected chi connectivity index (χ2v) is 6.36. The molecule has 4 nitrogen and oxygen atoms in total. The topological polar surface area (TPSA) is 57.6 Å². The van der Waals surface area contributed by atoms with E-state index in [-0.39, 0.29) is 5.91 Å². The molecular formula is C22H27NO3. The molecule has 0 fully saturated rings. The van der Waals surface area contributed by atoms with Crippen molar-refractivity contribution in [2.75, 3.05) is 7.11 Å². The van der Waals surface area contributed by atoms with Gasteiger partial charge in [0.1, 0.15) is 6.29 Å². The molecule has 1 aromatic rings. The summed E-state index contributed by atoms with van der Waals surface area (Å²) < 4.78 is 0. The second kappa shape index (κ2) is 9.88. The molecule has 0 unspecified atom stereocenters. The van der Waals surface area contributed by atoms with E-state index in [1.54, 1.807) is 0 Å². The lowest BCUT2D eigenvalue weighted by atomic mass is 9.95. The monoisotopic (exact) mass is 353 g/mol. The Balaban J connectivity index is 0.00000117. The molecule has 1 heterocycles. The van der Waals surface area contributed by atoms with Crippen LogP contribution in [0.3, 0.4) is 0 Å². The third kappa shape index (κ3) is 4.58. The highest BCUT2D eigenvalue weighted by Gasteiger charge is 2.23. The molecule has 3 rings (SSSR count). The highest BCUT2D eigenvalue weighted by molar-refractivity contribution is 5.99. The fourth-order valence-corrected chi connectivity index (χ4v) is 3.24. The smallest absolute Gasteiger partial charge is 0.223 e. The predicted molar refractivity (Wildman–Crippen MR) is 104 cm³/mol. The Bertz CT molecular complexity index is 744. The Kier molecular flexibility index (Phi) is 7.54. The molecule has 0 saturated carbocycles. The van der Waals surface area contributed by atoms with E-state index in [2.05, 4.69) is 25.1 Å². The molecule has 0 radical (unpaired) electrons. The zero-order chi connectivity index (χ0) is 18.9. The largest absolute Gasteiger partial charge is 0.400 e. The van der Waals surface area contributed by atoms with Crippen LogP contribution in [0.2, 0.25) is 0 Å². The van der Waals surface area contributed by atoms with E-state index in [0.29, 0.717) is 19.5 Å². The molecule has 1 aliphatic carbocycles. The minimum Gasteiger partial charge on any atom is -0.400 e. The van der Waals surface area contributed by atoms with Crippen LogP contribution in [0, 0.1) is 0 Å². The number of amides is 1. The van der Waals surface area contributed by atoms with Gasteiger partial charge in [-0.05, 0) is 41.2 Å². The van der Waals surface area contributed by atoms with Crippen molar-refractivity contribution in [2.45, 2.75) is 45.7 Å². The number of aliphatic hydroxyl groups excluding tert-OH is 1. The molecule has 138 valence electrons. The summed E-state index contributed by atoms with van der Waals surface area (Å²) in [6.45, 7) is 3.48. The summed E-state index contributed by atoms with van der Waals surface area (Å²) in [6.07, 6.45) is 12.3. The predicted octanol–water partition coefficient (Wildman–Crippen LogP) is 3.80. The average molecular weight is 353 g/mol. The van der Waals surface area contributed by atoms with E-state index in [9.17, 15) is 9.59 Å². The van der Waals surface area contributed by atoms with Crippen LogP contribution in [-0.2, 0) is 22.7 Å². The number of benzene rings is 1. The number of aldehydes is 1. The van der Waals surface area contributed by atoms with E-state index >= 15 is 0 Å². The number of hydrogen-bond donors (Lipinski definition) is 1. The SMILES string of the molecule is CCCCC(=O)N1Cc2ccc(C3=CC=CCC=C3C=O)cc2C1.CO. The van der Waals surface area contributed by atoms with Gasteiger partial charge in [-0.2, -0.15) is 0 Å². The van der Waals surface area contributed by atoms with Crippen LogP contribution >= 0.6 is 0 Å². The van der Waals surface area contributed by atoms with Gasteiger partial charge in [-0.15, -0.1) is 0 Å². The Morgan fingerprint density at radius 3 is 2.73 bits per heavy atom. The summed E-state index contributed by atoms with van der Waals surface area (Å²) in [5, 5.41) is 7.00. The van der Waals surface area contributed by atoms with Crippen LogP contribution in [0.15, 0.2) is 48.1 Å². The maximum Gasteiger partial charge on any atom is 0.223 e. The minimum atomic E-state index is 0.236. The van der Waals surface area contributed by atoms with Crippen molar-refractivity contribution < 1.29 is 14.7 Å². The van der Waals surface area contributed by atoms with Crippen molar-refractivity contribution in [1.29, 1.82) is 0 Å². The molecule has 0 atom stereocenters. The number of carbonyl (C=O) groups excluding carboxylic acids is 2. The first kappa shape index (κ1) is 19.9. The number of carbonyl (C=O) groups is 2. The molecule has 0 bridgehead atoms. The van der Waals surface area contributed by atoms with E-state index in [4.69, 9.17) is 5.11 Å². The van der Waals surface area contributed by atoms with E-state index < -0.39 is 0 Å². The summed E-state index contributed by atoms with van der Waals surface area (Å²) in [6, 6.07) is 6.28. The number of nitrogens with zero attached hydrogens (tertiary/aromatic N) is 1. The lowest BCUT2D eigenvalue weighted by Gasteiger charge is -2.14. The van der Waals surface area contributed by atoms with Gasteiger partial charge in [0.05, 0.1) is 0 Å². The summed E-state index contributed by atoms with van der Waals surface area (Å²) >= 11 is 0. The van der Waals surface area contributed by atoms with Gasteiger partial charge in [-0.25, -0.2) is 0 Å². The normalized spacial score (nSPS) is 15.3. The number of fused-ring (bicyclic) bond motifs is 1. The lowest BCUT2D eigenvalue weighted by Crippen LogP contribution is -2.24. The Morgan fingerprint density at radius 2 is 2.00 bits per heavy atom. The molecule has 0 saturated heterocycles. The van der Waals surface area contributed by atoms with Gasteiger partial charge in [0.25, 0.3) is 0 Å². The number of aliphatic hydroxyl groups is 1. The quantitative estimate of drug-likeness (QED) is 0.819. The van der Waals surface area contributed by atoms with Crippen molar-refractivity contribution in [1.82, 2.24) is 4.90 Å². The number of allylic oxidation sites excluding steroid dienone is 6. The van der Waals surface area contributed by atoms with Gasteiger partial charge in [-0.3, -0.25) is 9.59 Å². The lowest BCUT2D eigenvalue weighted by molar-refractivity contribution is -0.131. The third-order valence-corrected chi connectivity index (χ3v) is 4.65. The van der Waals surface area contributed by atoms with Gasteiger partial charge >= 0.3 is 0 Å². The van der Waals surface area contributed by atoms with Crippen molar-refractivity contribution in [3.8, 4) is 0 Å². The maximum absolute atomic E-state index is 12.3. The zero-order valence-electron chi connectivity index (χ0n) is 15.6. The molecule has 1 amide bonds. The minimum absolute atomic E-state index is 0.236. The maximum atomic E-state index is 12.3. The Morgan fingerprint density at radius 1 is 1.23 bits per heavy atom. The molecule has 2 aliphatic rings. The highest BCUT2D eigenvalue weighted by Crippen LogP contribution is 2.30. The summed E-state index contributed by atoms with van der Waals surface area (Å²) in [7, 11) is 1.00. The molecule has 1 aliphatic heterocycles. The van der Waals surface area contributed by atoms with Gasteiger partial charge in [-0.1, -0.05) is 49.8 Å². The summed E-state index contributed by atoms with van der Waals surface area (Å²) in [5.74, 6) is 0.236. The van der Waals surface area contributed by atoms with E-state index in [1.165, 1.54) is 11.1 Å². The Labute approximate surface area is 155 Å². The van der Waals surface area contributed by atoms with Crippen LogP contribution in [0.5, 0.6) is 0 Å². The first-order chi connectivity index (χ1) is 12.7. The van der Waals surface area contributed by atoms with Gasteiger partial charge in [0.15, 0.2) is 0 Å². The Hall–Kier alpha value is -2.46. The van der Waals surface area contributed by atoms with E-state index in [0.717, 1.165) is 49.4 Å². The number of rotatable bonds is 5. The first-order valence-electron chi connectivity index (χ1n) is 9.10. The van der Waals surface area contributed by atoms with Gasteiger partial charge in [0, 0.05) is 32.2 Å². The summed E-state index contributed by atoms with van der Waals surface area (Å²) in [4.78, 5) is 25.6. The average Bonchev–Trinajstić information content (AvgIpc) is 2.96. The van der Waals surface area contributed by atoms with Crippen LogP contribution in [0.1, 0.15) is 49.3 Å². The van der Waals surface area contributed by atoms with Crippen molar-refractivity contribution in [3.05, 3.63) is 64.8 Å². The number of hydrogen-bond acceptors (Lipinski definition) is 3. The zero-order valence-corrected chi connectivity index (χ0v) is 15.6. The molecular weight excluding hydrogens is 326 g/mol. The van der Waals surface area contributed by atoms with Crippen molar-refractivity contribution >= 4 is 17.8 Å². The van der Waals surface area contributed by atoms with Crippen LogP contribution in [0.4, 0.5) is 0 Å². The fraction of sp³-hybridized carbons (Fsp3) is 0.364. The van der Waals surface area contributed by atoms with Crippen LogP contribution < -0.4 is 0 Å². The van der Waals surface area contributed by atoms with Crippen LogP contribution in [-0.4, -0.2) is 29.3 Å². The molecule has 0 aromatic heterocycles. The molecule has 4 heteroatoms. The van der Waals surface area contributed by atoms with Crippen molar-refractivity contribution in [2.24, 2.45) is 0 Å². The molecule has 1 aromatic carbocycles. The number of unbranched alkanes of at least 4 members (excludes halogenated alkanes) is 1. The second-order valence-electron chi connectivity index (χ2n) is 6.36. The fourth-order valence-electron chi connectivity index (χ4n) is 3.24. The molecule has 0 spiro atoms. The van der Waals surface area contributed by atoms with Gasteiger partial charge in [0.2, 0.25) is 5.91 Å². The molecule has 26 heavy (non-hydrogen) atoms. The van der Waals surface area contributed by atoms with Crippen LogP contribution in [0.25, 0.3) is 5.57 Å². The van der Waals surface area contributed by atoms with E-state index in [1.807, 2.05) is 29.2 Å². The molecule has 1 N–H and O–H groups in total. The van der Waals surface area contributed by atoms with Gasteiger partial charge < -0.3 is 10.0 Å².